The fourth-order valence-electron chi connectivity index (χ4n) is 4.44. The van der Waals surface area contributed by atoms with Crippen LogP contribution in [-0.4, -0.2) is 16.3 Å². The summed E-state index contributed by atoms with van der Waals surface area (Å²) in [5.41, 5.74) is 4.74. The average Bonchev–Trinajstić information content (AvgIpc) is 2.89. The van der Waals surface area contributed by atoms with Crippen molar-refractivity contribution in [1.29, 1.82) is 0 Å². The molecular weight excluding hydrogens is 284 g/mol. The Morgan fingerprint density at radius 2 is 1.91 bits per heavy atom. The Bertz CT molecular complexity index is 1000. The SMILES string of the molecule is CC1Cc2cccc3cc4c5c(ccc4c1c23)C(O)C(O)C=C5. The van der Waals surface area contributed by atoms with Crippen LogP contribution in [0.2, 0.25) is 0 Å². The second-order valence-electron chi connectivity index (χ2n) is 6.87. The van der Waals surface area contributed by atoms with Gasteiger partial charge in [0.1, 0.15) is 12.2 Å². The van der Waals surface area contributed by atoms with Gasteiger partial charge in [-0.3, -0.25) is 0 Å². The highest BCUT2D eigenvalue weighted by Crippen LogP contribution is 2.45. The van der Waals surface area contributed by atoms with Crippen LogP contribution in [0.25, 0.3) is 27.6 Å². The van der Waals surface area contributed by atoms with E-state index in [1.54, 1.807) is 6.08 Å². The van der Waals surface area contributed by atoms with Crippen molar-refractivity contribution in [3.05, 3.63) is 64.7 Å². The zero-order valence-corrected chi connectivity index (χ0v) is 13.0. The van der Waals surface area contributed by atoms with Crippen LogP contribution in [0.4, 0.5) is 0 Å². The number of aliphatic hydroxyl groups excluding tert-OH is 2. The summed E-state index contributed by atoms with van der Waals surface area (Å²) in [6.07, 6.45) is 3.08. The molecule has 5 rings (SSSR count). The minimum Gasteiger partial charge on any atom is -0.386 e. The first-order valence-corrected chi connectivity index (χ1v) is 8.20. The van der Waals surface area contributed by atoms with Crippen molar-refractivity contribution < 1.29 is 10.2 Å². The minimum atomic E-state index is -0.840. The van der Waals surface area contributed by atoms with Crippen LogP contribution < -0.4 is 0 Å². The predicted octanol–water partition coefficient (Wildman–Crippen LogP) is 4.07. The van der Waals surface area contributed by atoms with E-state index < -0.39 is 12.2 Å². The van der Waals surface area contributed by atoms with Crippen LogP contribution in [0.1, 0.15) is 41.2 Å². The molecule has 2 heteroatoms. The van der Waals surface area contributed by atoms with E-state index in [1.165, 1.54) is 32.7 Å². The fourth-order valence-corrected chi connectivity index (χ4v) is 4.44. The molecule has 0 aromatic heterocycles. The molecule has 3 aromatic rings. The van der Waals surface area contributed by atoms with Crippen LogP contribution in [0, 0.1) is 0 Å². The molecule has 3 unspecified atom stereocenters. The lowest BCUT2D eigenvalue weighted by atomic mass is 9.85. The standard InChI is InChI=1S/C21H18O2/c1-11-9-12-3-2-4-13-10-17-14-7-8-18(22)21(23)16(14)6-5-15(17)19(11)20(12)13/h2-8,10-11,18,21-23H,9H2,1H3. The summed E-state index contributed by atoms with van der Waals surface area (Å²) >= 11 is 0. The molecule has 0 bridgehead atoms. The third-order valence-electron chi connectivity index (χ3n) is 5.48. The molecule has 0 heterocycles. The maximum Gasteiger partial charge on any atom is 0.109 e. The van der Waals surface area contributed by atoms with Crippen LogP contribution >= 0.6 is 0 Å². The summed E-state index contributed by atoms with van der Waals surface area (Å²) in [5.74, 6) is 0.514. The van der Waals surface area contributed by atoms with Crippen molar-refractivity contribution in [3.63, 3.8) is 0 Å². The highest BCUT2D eigenvalue weighted by atomic mass is 16.3. The Morgan fingerprint density at radius 3 is 2.78 bits per heavy atom. The van der Waals surface area contributed by atoms with Crippen LogP contribution in [0.5, 0.6) is 0 Å². The Hall–Kier alpha value is -2.16. The third-order valence-corrected chi connectivity index (χ3v) is 5.48. The molecule has 114 valence electrons. The van der Waals surface area contributed by atoms with Gasteiger partial charge in [0.25, 0.3) is 0 Å². The van der Waals surface area contributed by atoms with Gasteiger partial charge in [0.05, 0.1) is 0 Å². The van der Waals surface area contributed by atoms with E-state index in [9.17, 15) is 10.2 Å². The van der Waals surface area contributed by atoms with Gasteiger partial charge in [-0.05, 0) is 62.2 Å². The molecule has 3 atom stereocenters. The molecular formula is C21H18O2. The highest BCUT2D eigenvalue weighted by molar-refractivity contribution is 6.08. The fraction of sp³-hybridized carbons (Fsp3) is 0.238. The van der Waals surface area contributed by atoms with Crippen molar-refractivity contribution in [2.75, 3.05) is 0 Å². The van der Waals surface area contributed by atoms with Gasteiger partial charge in [-0.1, -0.05) is 49.4 Å². The Morgan fingerprint density at radius 1 is 1.04 bits per heavy atom. The van der Waals surface area contributed by atoms with Gasteiger partial charge in [-0.25, -0.2) is 0 Å². The van der Waals surface area contributed by atoms with E-state index >= 15 is 0 Å². The lowest BCUT2D eigenvalue weighted by molar-refractivity contribution is 0.0471. The van der Waals surface area contributed by atoms with Crippen LogP contribution in [-0.2, 0) is 6.42 Å². The maximum absolute atomic E-state index is 10.3. The van der Waals surface area contributed by atoms with Gasteiger partial charge >= 0.3 is 0 Å². The Labute approximate surface area is 134 Å². The monoisotopic (exact) mass is 302 g/mol. The second-order valence-corrected chi connectivity index (χ2v) is 6.87. The second kappa shape index (κ2) is 4.44. The van der Waals surface area contributed by atoms with E-state index in [1.807, 2.05) is 12.1 Å². The molecule has 0 saturated heterocycles. The molecule has 0 spiro atoms. The zero-order valence-electron chi connectivity index (χ0n) is 13.0. The summed E-state index contributed by atoms with van der Waals surface area (Å²) in [6.45, 7) is 2.29. The summed E-state index contributed by atoms with van der Waals surface area (Å²) in [4.78, 5) is 0. The summed E-state index contributed by atoms with van der Waals surface area (Å²) in [5, 5.41) is 25.3. The van der Waals surface area contributed by atoms with Crippen molar-refractivity contribution in [3.8, 4) is 0 Å². The first-order chi connectivity index (χ1) is 11.1. The summed E-state index contributed by atoms with van der Waals surface area (Å²) in [6, 6.07) is 12.9. The van der Waals surface area contributed by atoms with Gasteiger partial charge in [-0.2, -0.15) is 0 Å². The number of fused-ring (bicyclic) bond motifs is 4. The molecule has 2 nitrogen and oxygen atoms in total. The van der Waals surface area contributed by atoms with Crippen molar-refractivity contribution in [2.45, 2.75) is 31.5 Å². The highest BCUT2D eigenvalue weighted by Gasteiger charge is 2.27. The topological polar surface area (TPSA) is 40.5 Å². The largest absolute Gasteiger partial charge is 0.386 e. The minimum absolute atomic E-state index is 0.514. The number of hydrogen-bond donors (Lipinski definition) is 2. The predicted molar refractivity (Wildman–Crippen MR) is 93.6 cm³/mol. The normalized spacial score (nSPS) is 25.3. The van der Waals surface area contributed by atoms with E-state index in [0.717, 1.165) is 17.5 Å². The molecule has 3 aromatic carbocycles. The van der Waals surface area contributed by atoms with Crippen molar-refractivity contribution in [1.82, 2.24) is 0 Å². The number of aliphatic hydroxyl groups is 2. The molecule has 2 aliphatic rings. The van der Waals surface area contributed by atoms with E-state index in [2.05, 4.69) is 37.3 Å². The van der Waals surface area contributed by atoms with E-state index in [-0.39, 0.29) is 0 Å². The molecule has 0 amide bonds. The molecule has 2 N–H and O–H groups in total. The molecule has 23 heavy (non-hydrogen) atoms. The Balaban J connectivity index is 1.95. The van der Waals surface area contributed by atoms with Crippen LogP contribution in [0.3, 0.4) is 0 Å². The quantitative estimate of drug-likeness (QED) is 0.614. The first-order valence-electron chi connectivity index (χ1n) is 8.20. The van der Waals surface area contributed by atoms with Crippen LogP contribution in [0.15, 0.2) is 42.5 Å². The number of hydrogen-bond acceptors (Lipinski definition) is 2. The number of rotatable bonds is 0. The molecule has 0 saturated carbocycles. The van der Waals surface area contributed by atoms with E-state index in [4.69, 9.17) is 0 Å². The van der Waals surface area contributed by atoms with Crippen molar-refractivity contribution in [2.24, 2.45) is 0 Å². The Kier molecular flexibility index (Phi) is 2.56. The van der Waals surface area contributed by atoms with Gasteiger partial charge in [0.15, 0.2) is 0 Å². The van der Waals surface area contributed by atoms with Gasteiger partial charge < -0.3 is 10.2 Å². The lowest BCUT2D eigenvalue weighted by Gasteiger charge is -2.24. The van der Waals surface area contributed by atoms with Gasteiger partial charge in [0, 0.05) is 0 Å². The molecule has 0 radical (unpaired) electrons. The third kappa shape index (κ3) is 1.65. The average molecular weight is 302 g/mol. The smallest absolute Gasteiger partial charge is 0.109 e. The number of benzene rings is 3. The molecule has 2 aliphatic carbocycles. The lowest BCUT2D eigenvalue weighted by Crippen LogP contribution is -2.19. The van der Waals surface area contributed by atoms with Gasteiger partial charge in [0.2, 0.25) is 0 Å². The zero-order chi connectivity index (χ0) is 15.7. The van der Waals surface area contributed by atoms with Crippen molar-refractivity contribution >= 4 is 27.6 Å². The van der Waals surface area contributed by atoms with E-state index in [0.29, 0.717) is 5.92 Å². The van der Waals surface area contributed by atoms with Gasteiger partial charge in [-0.15, -0.1) is 0 Å². The first kappa shape index (κ1) is 13.3. The summed E-state index contributed by atoms with van der Waals surface area (Å²) in [7, 11) is 0. The maximum atomic E-state index is 10.3. The molecule has 0 fully saturated rings. The summed E-state index contributed by atoms with van der Waals surface area (Å²) < 4.78 is 0. The molecule has 0 aliphatic heterocycles.